The second-order valence-corrected chi connectivity index (χ2v) is 8.83. The van der Waals surface area contributed by atoms with Gasteiger partial charge in [-0.05, 0) is 63.2 Å². The first-order chi connectivity index (χ1) is 16.4. The van der Waals surface area contributed by atoms with Crippen LogP contribution < -0.4 is 10.2 Å². The van der Waals surface area contributed by atoms with Crippen LogP contribution in [0.25, 0.3) is 21.9 Å². The van der Waals surface area contributed by atoms with E-state index in [9.17, 15) is 4.79 Å². The lowest BCUT2D eigenvalue weighted by atomic mass is 10.1. The number of carbonyl (C=O) groups excluding carboxylic acids is 1. The second kappa shape index (κ2) is 8.51. The summed E-state index contributed by atoms with van der Waals surface area (Å²) in [6.07, 6.45) is 2.71. The molecule has 1 amide bonds. The van der Waals surface area contributed by atoms with E-state index in [0.717, 1.165) is 33.3 Å². The summed E-state index contributed by atoms with van der Waals surface area (Å²) >= 11 is 0. The van der Waals surface area contributed by atoms with Crippen molar-refractivity contribution in [3.05, 3.63) is 85.3 Å². The van der Waals surface area contributed by atoms with Crippen molar-refractivity contribution < 1.29 is 13.9 Å². The predicted molar refractivity (Wildman–Crippen MR) is 134 cm³/mol. The standard InChI is InChI=1S/C27H24N4O3/c1-27(2,3)34-26(32)30-18-11-13-19(14-12-18)31(24-15-16-28-17-29-24)22-9-6-8-21-20-7-4-5-10-23(20)33-25(21)22/h4-17H,1-3H3,(H,30,32). The van der Waals surface area contributed by atoms with E-state index < -0.39 is 11.7 Å². The number of aromatic nitrogens is 2. The van der Waals surface area contributed by atoms with Crippen LogP contribution in [0, 0.1) is 0 Å². The first-order valence-corrected chi connectivity index (χ1v) is 11.0. The van der Waals surface area contributed by atoms with Gasteiger partial charge < -0.3 is 9.15 Å². The van der Waals surface area contributed by atoms with Gasteiger partial charge in [-0.15, -0.1) is 0 Å². The summed E-state index contributed by atoms with van der Waals surface area (Å²) in [4.78, 5) is 22.7. The minimum absolute atomic E-state index is 0.500. The Morgan fingerprint density at radius 3 is 2.44 bits per heavy atom. The molecule has 5 rings (SSSR count). The third kappa shape index (κ3) is 4.28. The fourth-order valence-electron chi connectivity index (χ4n) is 3.83. The molecule has 7 heteroatoms. The Balaban J connectivity index is 1.57. The lowest BCUT2D eigenvalue weighted by Crippen LogP contribution is -2.27. The van der Waals surface area contributed by atoms with Gasteiger partial charge in [-0.2, -0.15) is 0 Å². The highest BCUT2D eigenvalue weighted by molar-refractivity contribution is 6.10. The molecule has 0 unspecified atom stereocenters. The molecule has 3 aromatic carbocycles. The second-order valence-electron chi connectivity index (χ2n) is 8.83. The molecule has 170 valence electrons. The Kier molecular flexibility index (Phi) is 5.37. The summed E-state index contributed by atoms with van der Waals surface area (Å²) in [6, 6.07) is 23.4. The molecule has 2 aromatic heterocycles. The molecule has 0 saturated carbocycles. The number of furan rings is 1. The predicted octanol–water partition coefficient (Wildman–Crippen LogP) is 7.19. The van der Waals surface area contributed by atoms with Gasteiger partial charge in [-0.1, -0.05) is 30.3 Å². The number of fused-ring (bicyclic) bond motifs is 3. The fourth-order valence-corrected chi connectivity index (χ4v) is 3.83. The highest BCUT2D eigenvalue weighted by Gasteiger charge is 2.20. The van der Waals surface area contributed by atoms with E-state index in [0.29, 0.717) is 11.5 Å². The number of benzene rings is 3. The zero-order valence-corrected chi connectivity index (χ0v) is 19.1. The van der Waals surface area contributed by atoms with Crippen LogP contribution in [0.1, 0.15) is 20.8 Å². The summed E-state index contributed by atoms with van der Waals surface area (Å²) < 4.78 is 11.6. The summed E-state index contributed by atoms with van der Waals surface area (Å²) in [7, 11) is 0. The molecule has 0 aliphatic rings. The van der Waals surface area contributed by atoms with E-state index in [1.165, 1.54) is 6.33 Å². The van der Waals surface area contributed by atoms with Crippen LogP contribution in [0.5, 0.6) is 0 Å². The Hall–Kier alpha value is -4.39. The number of rotatable bonds is 4. The van der Waals surface area contributed by atoms with E-state index in [1.54, 1.807) is 6.20 Å². The van der Waals surface area contributed by atoms with Gasteiger partial charge in [0.15, 0.2) is 5.58 Å². The number of anilines is 4. The van der Waals surface area contributed by atoms with Crippen LogP contribution in [0.3, 0.4) is 0 Å². The van der Waals surface area contributed by atoms with Crippen molar-refractivity contribution in [2.75, 3.05) is 10.2 Å². The smallest absolute Gasteiger partial charge is 0.412 e. The van der Waals surface area contributed by atoms with E-state index in [4.69, 9.17) is 9.15 Å². The minimum atomic E-state index is -0.570. The molecule has 1 N–H and O–H groups in total. The van der Waals surface area contributed by atoms with Gasteiger partial charge >= 0.3 is 6.09 Å². The van der Waals surface area contributed by atoms with Crippen molar-refractivity contribution in [1.29, 1.82) is 0 Å². The van der Waals surface area contributed by atoms with E-state index in [2.05, 4.69) is 27.4 Å². The van der Waals surface area contributed by atoms with Crippen LogP contribution in [0.2, 0.25) is 0 Å². The van der Waals surface area contributed by atoms with Crippen LogP contribution >= 0.6 is 0 Å². The quantitative estimate of drug-likeness (QED) is 0.311. The van der Waals surface area contributed by atoms with Gasteiger partial charge in [0.05, 0.1) is 5.69 Å². The number of hydrogen-bond donors (Lipinski definition) is 1. The Labute approximate surface area is 197 Å². The van der Waals surface area contributed by atoms with Gasteiger partial charge in [-0.25, -0.2) is 14.8 Å². The number of carbonyl (C=O) groups is 1. The van der Waals surface area contributed by atoms with Crippen molar-refractivity contribution >= 4 is 50.9 Å². The number of hydrogen-bond acceptors (Lipinski definition) is 6. The molecule has 7 nitrogen and oxygen atoms in total. The van der Waals surface area contributed by atoms with Gasteiger partial charge in [0.1, 0.15) is 23.3 Å². The molecule has 0 atom stereocenters. The minimum Gasteiger partial charge on any atom is -0.454 e. The average Bonchev–Trinajstić information content (AvgIpc) is 3.19. The number of para-hydroxylation sites is 2. The summed E-state index contributed by atoms with van der Waals surface area (Å²) in [5, 5.41) is 4.85. The maximum absolute atomic E-state index is 12.1. The molecule has 0 aliphatic carbocycles. The van der Waals surface area contributed by atoms with Gasteiger partial charge in [0, 0.05) is 28.3 Å². The lowest BCUT2D eigenvalue weighted by Gasteiger charge is -2.24. The Morgan fingerprint density at radius 2 is 1.71 bits per heavy atom. The lowest BCUT2D eigenvalue weighted by molar-refractivity contribution is 0.0636. The topological polar surface area (TPSA) is 80.5 Å². The number of nitrogens with zero attached hydrogens (tertiary/aromatic N) is 3. The van der Waals surface area contributed by atoms with Gasteiger partial charge in [-0.3, -0.25) is 10.2 Å². The first kappa shape index (κ1) is 21.5. The molecule has 0 aliphatic heterocycles. The maximum atomic E-state index is 12.1. The average molecular weight is 453 g/mol. The zero-order chi connectivity index (χ0) is 23.7. The van der Waals surface area contributed by atoms with Crippen LogP contribution in [-0.4, -0.2) is 21.7 Å². The highest BCUT2D eigenvalue weighted by atomic mass is 16.6. The molecule has 5 aromatic rings. The zero-order valence-electron chi connectivity index (χ0n) is 19.1. The van der Waals surface area contributed by atoms with E-state index in [-0.39, 0.29) is 0 Å². The van der Waals surface area contributed by atoms with Crippen LogP contribution in [0.15, 0.2) is 89.7 Å². The van der Waals surface area contributed by atoms with E-state index >= 15 is 0 Å². The Bertz CT molecular complexity index is 1450. The number of amides is 1. The normalized spacial score (nSPS) is 11.5. The van der Waals surface area contributed by atoms with Crippen LogP contribution in [0.4, 0.5) is 27.7 Å². The molecule has 0 fully saturated rings. The van der Waals surface area contributed by atoms with Crippen molar-refractivity contribution in [1.82, 2.24) is 9.97 Å². The SMILES string of the molecule is CC(C)(C)OC(=O)Nc1ccc(N(c2ccncn2)c2cccc3c2oc2ccccc23)cc1. The van der Waals surface area contributed by atoms with Crippen molar-refractivity contribution in [2.24, 2.45) is 0 Å². The highest BCUT2D eigenvalue weighted by Crippen LogP contribution is 2.41. The maximum Gasteiger partial charge on any atom is 0.412 e. The third-order valence-electron chi connectivity index (χ3n) is 5.19. The number of ether oxygens (including phenoxy) is 1. The fraction of sp³-hybridized carbons (Fsp3) is 0.148. The summed E-state index contributed by atoms with van der Waals surface area (Å²) in [5.41, 5.74) is 3.34. The van der Waals surface area contributed by atoms with Gasteiger partial charge in [0.2, 0.25) is 0 Å². The largest absolute Gasteiger partial charge is 0.454 e. The van der Waals surface area contributed by atoms with E-state index in [1.807, 2.05) is 86.3 Å². The molecule has 0 spiro atoms. The number of nitrogens with one attached hydrogen (secondary N) is 1. The van der Waals surface area contributed by atoms with Crippen molar-refractivity contribution in [3.63, 3.8) is 0 Å². The molecular weight excluding hydrogens is 428 g/mol. The third-order valence-corrected chi connectivity index (χ3v) is 5.19. The monoisotopic (exact) mass is 452 g/mol. The first-order valence-electron chi connectivity index (χ1n) is 11.0. The molecule has 34 heavy (non-hydrogen) atoms. The molecular formula is C27H24N4O3. The summed E-state index contributed by atoms with van der Waals surface area (Å²) in [5.74, 6) is 0.691. The molecule has 0 bridgehead atoms. The van der Waals surface area contributed by atoms with Crippen molar-refractivity contribution in [2.45, 2.75) is 26.4 Å². The van der Waals surface area contributed by atoms with Crippen molar-refractivity contribution in [3.8, 4) is 0 Å². The Morgan fingerprint density at radius 1 is 0.941 bits per heavy atom. The summed E-state index contributed by atoms with van der Waals surface area (Å²) in [6.45, 7) is 5.48. The van der Waals surface area contributed by atoms with Gasteiger partial charge in [0.25, 0.3) is 0 Å². The van der Waals surface area contributed by atoms with Crippen LogP contribution in [-0.2, 0) is 4.74 Å². The molecule has 0 radical (unpaired) electrons. The molecule has 0 saturated heterocycles. The molecule has 2 heterocycles.